The highest BCUT2D eigenvalue weighted by Crippen LogP contribution is 2.17. The Morgan fingerprint density at radius 1 is 1.17 bits per heavy atom. The Labute approximate surface area is 142 Å². The average Bonchev–Trinajstić information content (AvgIpc) is 2.62. The molecule has 0 aliphatic carbocycles. The van der Waals surface area contributed by atoms with Crippen LogP contribution < -0.4 is 16.0 Å². The van der Waals surface area contributed by atoms with Gasteiger partial charge < -0.3 is 16.0 Å². The molecule has 0 atom stereocenters. The molecule has 3 N–H and O–H groups in total. The van der Waals surface area contributed by atoms with Gasteiger partial charge in [0, 0.05) is 37.4 Å². The van der Waals surface area contributed by atoms with Crippen molar-refractivity contribution >= 4 is 17.4 Å². The first-order chi connectivity index (χ1) is 11.7. The Morgan fingerprint density at radius 2 is 1.92 bits per heavy atom. The molecular weight excluding hydrogens is 300 g/mol. The third-order valence-corrected chi connectivity index (χ3v) is 4.51. The smallest absolute Gasteiger partial charge is 0.220 e. The van der Waals surface area contributed by atoms with E-state index < -0.39 is 0 Å². The predicted octanol–water partition coefficient (Wildman–Crippen LogP) is 2.38. The fourth-order valence-electron chi connectivity index (χ4n) is 3.10. The molecular formula is C19H24N4O. The van der Waals surface area contributed by atoms with Crippen molar-refractivity contribution in [2.24, 2.45) is 0 Å². The summed E-state index contributed by atoms with van der Waals surface area (Å²) >= 11 is 0. The second-order valence-corrected chi connectivity index (χ2v) is 6.22. The minimum absolute atomic E-state index is 0.106. The van der Waals surface area contributed by atoms with E-state index in [-0.39, 0.29) is 11.9 Å². The average molecular weight is 324 g/mol. The zero-order chi connectivity index (χ0) is 16.8. The molecule has 1 fully saturated rings. The SMILES string of the molecule is Nc1ccccc1CCC(=O)NC1CCN(c2ccccn2)CC1. The minimum Gasteiger partial charge on any atom is -0.399 e. The maximum absolute atomic E-state index is 12.2. The van der Waals surface area contributed by atoms with E-state index in [1.807, 2.05) is 48.7 Å². The van der Waals surface area contributed by atoms with E-state index >= 15 is 0 Å². The van der Waals surface area contributed by atoms with Crippen LogP contribution in [0.2, 0.25) is 0 Å². The number of carbonyl (C=O) groups is 1. The fraction of sp³-hybridized carbons (Fsp3) is 0.368. The number of anilines is 2. The lowest BCUT2D eigenvalue weighted by atomic mass is 10.0. The summed E-state index contributed by atoms with van der Waals surface area (Å²) in [7, 11) is 0. The predicted molar refractivity (Wildman–Crippen MR) is 96.8 cm³/mol. The lowest BCUT2D eigenvalue weighted by molar-refractivity contribution is -0.121. The van der Waals surface area contributed by atoms with Crippen LogP contribution in [0.25, 0.3) is 0 Å². The second kappa shape index (κ2) is 7.81. The molecule has 1 aromatic heterocycles. The summed E-state index contributed by atoms with van der Waals surface area (Å²) in [6.45, 7) is 1.85. The molecule has 0 bridgehead atoms. The largest absolute Gasteiger partial charge is 0.399 e. The Kier molecular flexibility index (Phi) is 5.31. The van der Waals surface area contributed by atoms with E-state index in [1.54, 1.807) is 0 Å². The third kappa shape index (κ3) is 4.25. The molecule has 1 aliphatic rings. The highest BCUT2D eigenvalue weighted by molar-refractivity contribution is 5.76. The van der Waals surface area contributed by atoms with E-state index in [9.17, 15) is 4.79 Å². The second-order valence-electron chi connectivity index (χ2n) is 6.22. The summed E-state index contributed by atoms with van der Waals surface area (Å²) < 4.78 is 0. The van der Waals surface area contributed by atoms with Gasteiger partial charge >= 0.3 is 0 Å². The molecule has 0 spiro atoms. The molecule has 1 amide bonds. The van der Waals surface area contributed by atoms with Crippen LogP contribution in [0, 0.1) is 0 Å². The molecule has 1 saturated heterocycles. The van der Waals surface area contributed by atoms with Gasteiger partial charge in [-0.25, -0.2) is 4.98 Å². The Morgan fingerprint density at radius 3 is 2.62 bits per heavy atom. The van der Waals surface area contributed by atoms with Crippen LogP contribution in [0.3, 0.4) is 0 Å². The van der Waals surface area contributed by atoms with Crippen LogP contribution in [-0.4, -0.2) is 30.0 Å². The number of nitrogens with one attached hydrogen (secondary N) is 1. The molecule has 5 nitrogen and oxygen atoms in total. The summed E-state index contributed by atoms with van der Waals surface area (Å²) in [5, 5.41) is 3.15. The number of nitrogen functional groups attached to an aromatic ring is 1. The maximum atomic E-state index is 12.2. The molecule has 1 aliphatic heterocycles. The monoisotopic (exact) mass is 324 g/mol. The fourth-order valence-corrected chi connectivity index (χ4v) is 3.10. The number of nitrogens with two attached hydrogens (primary N) is 1. The van der Waals surface area contributed by atoms with E-state index in [1.165, 1.54) is 0 Å². The number of rotatable bonds is 5. The summed E-state index contributed by atoms with van der Waals surface area (Å²) in [5.41, 5.74) is 7.72. The number of hydrogen-bond donors (Lipinski definition) is 2. The van der Waals surface area contributed by atoms with Crippen LogP contribution in [-0.2, 0) is 11.2 Å². The quantitative estimate of drug-likeness (QED) is 0.829. The molecule has 5 heteroatoms. The maximum Gasteiger partial charge on any atom is 0.220 e. The first kappa shape index (κ1) is 16.3. The Balaban J connectivity index is 1.43. The van der Waals surface area contributed by atoms with Gasteiger partial charge in [-0.1, -0.05) is 24.3 Å². The lowest BCUT2D eigenvalue weighted by Gasteiger charge is -2.33. The number of aryl methyl sites for hydroxylation is 1. The van der Waals surface area contributed by atoms with E-state index in [0.717, 1.165) is 43.0 Å². The lowest BCUT2D eigenvalue weighted by Crippen LogP contribution is -2.45. The van der Waals surface area contributed by atoms with Gasteiger partial charge in [0.1, 0.15) is 5.82 Å². The van der Waals surface area contributed by atoms with Gasteiger partial charge in [-0.2, -0.15) is 0 Å². The highest BCUT2D eigenvalue weighted by atomic mass is 16.1. The van der Waals surface area contributed by atoms with Crippen molar-refractivity contribution in [2.75, 3.05) is 23.7 Å². The molecule has 3 rings (SSSR count). The van der Waals surface area contributed by atoms with Gasteiger partial charge in [0.15, 0.2) is 0 Å². The van der Waals surface area contributed by atoms with Crippen molar-refractivity contribution in [1.82, 2.24) is 10.3 Å². The molecule has 0 saturated carbocycles. The first-order valence-corrected chi connectivity index (χ1v) is 8.51. The molecule has 0 unspecified atom stereocenters. The normalized spacial score (nSPS) is 15.2. The van der Waals surface area contributed by atoms with Gasteiger partial charge in [0.05, 0.1) is 0 Å². The van der Waals surface area contributed by atoms with Crippen molar-refractivity contribution in [2.45, 2.75) is 31.7 Å². The molecule has 0 radical (unpaired) electrons. The number of amides is 1. The number of nitrogens with zero attached hydrogens (tertiary/aromatic N) is 2. The van der Waals surface area contributed by atoms with Crippen molar-refractivity contribution in [3.05, 3.63) is 54.2 Å². The number of para-hydroxylation sites is 1. The number of piperidine rings is 1. The van der Waals surface area contributed by atoms with E-state index in [2.05, 4.69) is 15.2 Å². The van der Waals surface area contributed by atoms with Crippen LogP contribution >= 0.6 is 0 Å². The summed E-state index contributed by atoms with van der Waals surface area (Å²) in [6, 6.07) is 13.9. The minimum atomic E-state index is 0.106. The van der Waals surface area contributed by atoms with Gasteiger partial charge in [-0.15, -0.1) is 0 Å². The summed E-state index contributed by atoms with van der Waals surface area (Å²) in [4.78, 5) is 18.8. The van der Waals surface area contributed by atoms with Crippen LogP contribution in [0.4, 0.5) is 11.5 Å². The zero-order valence-corrected chi connectivity index (χ0v) is 13.8. The standard InChI is InChI=1S/C19H24N4O/c20-17-6-2-1-5-15(17)8-9-19(24)22-16-10-13-23(14-11-16)18-7-3-4-12-21-18/h1-7,12,16H,8-11,13-14,20H2,(H,22,24). The van der Waals surface area contributed by atoms with Gasteiger partial charge in [-0.05, 0) is 43.0 Å². The summed E-state index contributed by atoms with van der Waals surface area (Å²) in [5.74, 6) is 1.12. The molecule has 24 heavy (non-hydrogen) atoms. The molecule has 126 valence electrons. The van der Waals surface area contributed by atoms with Gasteiger partial charge in [-0.3, -0.25) is 4.79 Å². The van der Waals surface area contributed by atoms with Crippen molar-refractivity contribution in [1.29, 1.82) is 0 Å². The Hall–Kier alpha value is -2.56. The Bertz CT molecular complexity index is 666. The van der Waals surface area contributed by atoms with Crippen LogP contribution in [0.15, 0.2) is 48.7 Å². The topological polar surface area (TPSA) is 71.2 Å². The summed E-state index contributed by atoms with van der Waals surface area (Å²) in [6.07, 6.45) is 4.89. The van der Waals surface area contributed by atoms with Gasteiger partial charge in [0.2, 0.25) is 5.91 Å². The molecule has 1 aromatic carbocycles. The van der Waals surface area contributed by atoms with Gasteiger partial charge in [0.25, 0.3) is 0 Å². The van der Waals surface area contributed by atoms with E-state index in [0.29, 0.717) is 12.8 Å². The van der Waals surface area contributed by atoms with Crippen LogP contribution in [0.1, 0.15) is 24.8 Å². The number of carbonyl (C=O) groups excluding carboxylic acids is 1. The van der Waals surface area contributed by atoms with E-state index in [4.69, 9.17) is 5.73 Å². The zero-order valence-electron chi connectivity index (χ0n) is 13.8. The van der Waals surface area contributed by atoms with Crippen LogP contribution in [0.5, 0.6) is 0 Å². The number of pyridine rings is 1. The molecule has 2 heterocycles. The first-order valence-electron chi connectivity index (χ1n) is 8.51. The number of hydrogen-bond acceptors (Lipinski definition) is 4. The van der Waals surface area contributed by atoms with Crippen molar-refractivity contribution in [3.63, 3.8) is 0 Å². The molecule has 2 aromatic rings. The third-order valence-electron chi connectivity index (χ3n) is 4.51. The highest BCUT2D eigenvalue weighted by Gasteiger charge is 2.21. The number of aromatic nitrogens is 1. The van der Waals surface area contributed by atoms with Crippen molar-refractivity contribution in [3.8, 4) is 0 Å². The number of benzene rings is 1. The van der Waals surface area contributed by atoms with Crippen molar-refractivity contribution < 1.29 is 4.79 Å².